The second kappa shape index (κ2) is 8.96. The van der Waals surface area contributed by atoms with Gasteiger partial charge in [0.15, 0.2) is 5.65 Å². The maximum atomic E-state index is 13.1. The van der Waals surface area contributed by atoms with E-state index in [-0.39, 0.29) is 11.5 Å². The molecule has 4 heterocycles. The molecule has 0 bridgehead atoms. The number of carbonyl (C=O) groups excluding carboxylic acids is 1. The lowest BCUT2D eigenvalue weighted by Gasteiger charge is -2.26. The van der Waals surface area contributed by atoms with E-state index in [0.717, 1.165) is 30.7 Å². The fraction of sp³-hybridized carbons (Fsp3) is 0.320. The number of likely N-dealkylation sites (tertiary alicyclic amines) is 1. The summed E-state index contributed by atoms with van der Waals surface area (Å²) >= 11 is 0. The molecule has 1 saturated heterocycles. The van der Waals surface area contributed by atoms with E-state index in [4.69, 9.17) is 0 Å². The highest BCUT2D eigenvalue weighted by Gasteiger charge is 2.13. The van der Waals surface area contributed by atoms with Gasteiger partial charge in [-0.15, -0.1) is 0 Å². The summed E-state index contributed by atoms with van der Waals surface area (Å²) in [5.41, 5.74) is 3.64. The Bertz CT molecular complexity index is 1300. The molecule has 0 radical (unpaired) electrons. The number of nitrogens with zero attached hydrogens (tertiary/aromatic N) is 4. The van der Waals surface area contributed by atoms with Crippen LogP contribution in [0, 0.1) is 0 Å². The van der Waals surface area contributed by atoms with Crippen molar-refractivity contribution in [3.8, 4) is 0 Å². The van der Waals surface area contributed by atoms with Crippen LogP contribution in [0.1, 0.15) is 35.2 Å². The van der Waals surface area contributed by atoms with E-state index >= 15 is 0 Å². The standard InChI is InChI=1S/C25H27N5O2/c31-24(27-13-17-28-14-2-1-3-15-28)20-10-8-19(9-11-20)18-30-23-21(6-4-12-26-23)29-16-5-7-22(29)25(30)32/h4-12,16H,1-3,13-15,17-18H2,(H,27,31). The van der Waals surface area contributed by atoms with Gasteiger partial charge in [0.25, 0.3) is 11.5 Å². The van der Waals surface area contributed by atoms with E-state index in [1.54, 1.807) is 10.8 Å². The molecule has 0 unspecified atom stereocenters. The van der Waals surface area contributed by atoms with Gasteiger partial charge >= 0.3 is 0 Å². The maximum Gasteiger partial charge on any atom is 0.276 e. The third-order valence-corrected chi connectivity index (χ3v) is 6.21. The second-order valence-electron chi connectivity index (χ2n) is 8.36. The zero-order chi connectivity index (χ0) is 21.9. The molecule has 164 valence electrons. The number of benzene rings is 1. The molecule has 5 rings (SSSR count). The van der Waals surface area contributed by atoms with Crippen molar-refractivity contribution in [1.29, 1.82) is 0 Å². The van der Waals surface area contributed by atoms with Crippen molar-refractivity contribution >= 4 is 22.6 Å². The number of fused-ring (bicyclic) bond motifs is 3. The summed E-state index contributed by atoms with van der Waals surface area (Å²) in [7, 11) is 0. The molecule has 7 nitrogen and oxygen atoms in total. The number of amides is 1. The van der Waals surface area contributed by atoms with Crippen molar-refractivity contribution in [1.82, 2.24) is 24.2 Å². The van der Waals surface area contributed by atoms with Crippen LogP contribution in [-0.2, 0) is 6.54 Å². The number of hydrogen-bond acceptors (Lipinski definition) is 4. The highest BCUT2D eigenvalue weighted by atomic mass is 16.1. The van der Waals surface area contributed by atoms with Crippen LogP contribution in [-0.4, -0.2) is 50.9 Å². The number of hydrogen-bond donors (Lipinski definition) is 1. The van der Waals surface area contributed by atoms with E-state index in [1.165, 1.54) is 19.3 Å². The quantitative estimate of drug-likeness (QED) is 0.512. The van der Waals surface area contributed by atoms with Crippen molar-refractivity contribution in [2.24, 2.45) is 0 Å². The molecule has 3 aromatic heterocycles. The molecule has 0 spiro atoms. The summed E-state index contributed by atoms with van der Waals surface area (Å²) in [5, 5.41) is 3.02. The Morgan fingerprint density at radius 3 is 2.56 bits per heavy atom. The third kappa shape index (κ3) is 4.03. The summed E-state index contributed by atoms with van der Waals surface area (Å²) in [6, 6.07) is 15.0. The summed E-state index contributed by atoms with van der Waals surface area (Å²) in [6.45, 7) is 4.20. The number of carbonyl (C=O) groups is 1. The Morgan fingerprint density at radius 1 is 0.969 bits per heavy atom. The minimum Gasteiger partial charge on any atom is -0.351 e. The van der Waals surface area contributed by atoms with E-state index in [2.05, 4.69) is 15.2 Å². The lowest BCUT2D eigenvalue weighted by atomic mass is 10.1. The first-order chi connectivity index (χ1) is 15.7. The molecule has 7 heteroatoms. The van der Waals surface area contributed by atoms with Gasteiger partial charge in [0.05, 0.1) is 12.1 Å². The minimum absolute atomic E-state index is 0.0625. The Labute approximate surface area is 186 Å². The Morgan fingerprint density at radius 2 is 1.75 bits per heavy atom. The van der Waals surface area contributed by atoms with Gasteiger partial charge in [0.1, 0.15) is 5.52 Å². The molecule has 0 atom stereocenters. The Balaban J connectivity index is 1.30. The molecule has 0 aliphatic carbocycles. The van der Waals surface area contributed by atoms with Crippen molar-refractivity contribution in [2.45, 2.75) is 25.8 Å². The molecule has 1 amide bonds. The fourth-order valence-corrected chi connectivity index (χ4v) is 4.49. The average Bonchev–Trinajstić information content (AvgIpc) is 3.33. The number of rotatable bonds is 6. The molecular weight excluding hydrogens is 402 g/mol. The predicted molar refractivity (Wildman–Crippen MR) is 125 cm³/mol. The zero-order valence-electron chi connectivity index (χ0n) is 18.0. The smallest absolute Gasteiger partial charge is 0.276 e. The van der Waals surface area contributed by atoms with Crippen LogP contribution in [0.15, 0.2) is 65.7 Å². The van der Waals surface area contributed by atoms with E-state index in [0.29, 0.717) is 29.8 Å². The average molecular weight is 430 g/mol. The fourth-order valence-electron chi connectivity index (χ4n) is 4.49. The van der Waals surface area contributed by atoms with E-state index in [9.17, 15) is 9.59 Å². The first kappa shape index (κ1) is 20.5. The van der Waals surface area contributed by atoms with Crippen LogP contribution in [0.25, 0.3) is 16.7 Å². The van der Waals surface area contributed by atoms with Crippen LogP contribution >= 0.6 is 0 Å². The van der Waals surface area contributed by atoms with Crippen LogP contribution < -0.4 is 10.9 Å². The van der Waals surface area contributed by atoms with Crippen molar-refractivity contribution in [2.75, 3.05) is 26.2 Å². The summed E-state index contributed by atoms with van der Waals surface area (Å²) in [4.78, 5) is 32.4. The molecule has 1 aromatic carbocycles. The SMILES string of the molecule is O=C(NCCN1CCCCC1)c1ccc(Cn2c(=O)c3cccn3c3cccnc32)cc1. The zero-order valence-corrected chi connectivity index (χ0v) is 18.0. The molecule has 32 heavy (non-hydrogen) atoms. The van der Waals surface area contributed by atoms with Gasteiger partial charge in [-0.25, -0.2) is 4.98 Å². The predicted octanol–water partition coefficient (Wildman–Crippen LogP) is 2.91. The van der Waals surface area contributed by atoms with Crippen LogP contribution in [0.2, 0.25) is 0 Å². The second-order valence-corrected chi connectivity index (χ2v) is 8.36. The minimum atomic E-state index is -0.0827. The van der Waals surface area contributed by atoms with Crippen molar-refractivity contribution < 1.29 is 4.79 Å². The maximum absolute atomic E-state index is 13.1. The molecule has 4 aromatic rings. The molecule has 0 saturated carbocycles. The topological polar surface area (TPSA) is 71.6 Å². The Hall–Kier alpha value is -3.45. The largest absolute Gasteiger partial charge is 0.351 e. The molecule has 1 N–H and O–H groups in total. The molecular formula is C25H27N5O2. The van der Waals surface area contributed by atoms with Crippen LogP contribution in [0.5, 0.6) is 0 Å². The highest BCUT2D eigenvalue weighted by molar-refractivity contribution is 5.94. The number of aromatic nitrogens is 3. The third-order valence-electron chi connectivity index (χ3n) is 6.21. The molecule has 1 fully saturated rings. The van der Waals surface area contributed by atoms with Gasteiger partial charge in [0.2, 0.25) is 0 Å². The number of nitrogens with one attached hydrogen (secondary N) is 1. The van der Waals surface area contributed by atoms with Crippen LogP contribution in [0.4, 0.5) is 0 Å². The lowest BCUT2D eigenvalue weighted by molar-refractivity contribution is 0.0946. The summed E-state index contributed by atoms with van der Waals surface area (Å²) in [6.07, 6.45) is 7.39. The van der Waals surface area contributed by atoms with Gasteiger partial charge < -0.3 is 14.6 Å². The van der Waals surface area contributed by atoms with Gasteiger partial charge in [-0.3, -0.25) is 14.2 Å². The molecule has 1 aliphatic heterocycles. The number of pyridine rings is 1. The van der Waals surface area contributed by atoms with E-state index < -0.39 is 0 Å². The number of piperidine rings is 1. The normalized spacial score (nSPS) is 14.8. The summed E-state index contributed by atoms with van der Waals surface area (Å²) in [5.74, 6) is -0.0625. The monoisotopic (exact) mass is 429 g/mol. The first-order valence-corrected chi connectivity index (χ1v) is 11.2. The van der Waals surface area contributed by atoms with Crippen molar-refractivity contribution in [3.63, 3.8) is 0 Å². The Kier molecular flexibility index (Phi) is 5.73. The van der Waals surface area contributed by atoms with Gasteiger partial charge in [-0.05, 0) is 67.9 Å². The lowest BCUT2D eigenvalue weighted by Crippen LogP contribution is -2.37. The molecule has 1 aliphatic rings. The van der Waals surface area contributed by atoms with E-state index in [1.807, 2.05) is 59.1 Å². The van der Waals surface area contributed by atoms with Crippen LogP contribution in [0.3, 0.4) is 0 Å². The van der Waals surface area contributed by atoms with Gasteiger partial charge in [0, 0.05) is 31.0 Å². The van der Waals surface area contributed by atoms with Gasteiger partial charge in [-0.1, -0.05) is 18.6 Å². The first-order valence-electron chi connectivity index (χ1n) is 11.2. The van der Waals surface area contributed by atoms with Crippen molar-refractivity contribution in [3.05, 3.63) is 82.4 Å². The van der Waals surface area contributed by atoms with Gasteiger partial charge in [-0.2, -0.15) is 0 Å². The highest BCUT2D eigenvalue weighted by Crippen LogP contribution is 2.15. The summed E-state index contributed by atoms with van der Waals surface area (Å²) < 4.78 is 3.57.